The summed E-state index contributed by atoms with van der Waals surface area (Å²) < 4.78 is 4.11. The Balaban J connectivity index is 1.49. The van der Waals surface area contributed by atoms with E-state index in [1.807, 2.05) is 6.92 Å². The summed E-state index contributed by atoms with van der Waals surface area (Å²) in [5.41, 5.74) is 0.501. The summed E-state index contributed by atoms with van der Waals surface area (Å²) in [5, 5.41) is 6.78. The Morgan fingerprint density at radius 3 is 2.64 bits per heavy atom. The topological polar surface area (TPSA) is 66.9 Å². The molecule has 0 saturated heterocycles. The molecule has 1 heterocycles. The predicted octanol–water partition coefficient (Wildman–Crippen LogP) is 3.72. The maximum absolute atomic E-state index is 12.4. The van der Waals surface area contributed by atoms with E-state index in [2.05, 4.69) is 26.9 Å². The second-order valence-electron chi connectivity index (χ2n) is 7.82. The summed E-state index contributed by atoms with van der Waals surface area (Å²) in [6.07, 6.45) is 8.86. The van der Waals surface area contributed by atoms with E-state index in [9.17, 15) is 4.79 Å². The van der Waals surface area contributed by atoms with Crippen molar-refractivity contribution in [3.8, 4) is 0 Å². The number of carbonyl (C=O) groups excluding carboxylic acids is 1. The van der Waals surface area contributed by atoms with Crippen molar-refractivity contribution < 1.29 is 4.79 Å². The number of urea groups is 1. The SMILES string of the molecule is CCC12C[C@H]3C[C@@H](C1)CC(NC(=O)Nc1nc(C)ns1)(C3)C2. The van der Waals surface area contributed by atoms with E-state index in [0.29, 0.717) is 16.4 Å². The monoisotopic (exact) mass is 320 g/mol. The van der Waals surface area contributed by atoms with Gasteiger partial charge in [0.1, 0.15) is 5.82 Å². The standard InChI is InChI=1S/C16H24N4OS/c1-3-15-5-11-4-12(6-15)8-16(7-11,9-15)19-13(21)18-14-17-10(2)20-22-14/h11-12H,3-9H2,1-2H3,(H2,17,18,19,20,21)/t11-,12+,15?,16?. The van der Waals surface area contributed by atoms with Crippen LogP contribution >= 0.6 is 11.5 Å². The van der Waals surface area contributed by atoms with Crippen molar-refractivity contribution in [3.05, 3.63) is 5.82 Å². The first-order valence-corrected chi connectivity index (χ1v) is 9.17. The fraction of sp³-hybridized carbons (Fsp3) is 0.812. The maximum atomic E-state index is 12.4. The van der Waals surface area contributed by atoms with Gasteiger partial charge in [-0.3, -0.25) is 5.32 Å². The van der Waals surface area contributed by atoms with Gasteiger partial charge in [0.15, 0.2) is 0 Å². The first-order chi connectivity index (χ1) is 10.5. The van der Waals surface area contributed by atoms with Gasteiger partial charge in [0.25, 0.3) is 0 Å². The van der Waals surface area contributed by atoms with Crippen LogP contribution in [0.5, 0.6) is 0 Å². The molecule has 4 saturated carbocycles. The number of nitrogens with one attached hydrogen (secondary N) is 2. The lowest BCUT2D eigenvalue weighted by Crippen LogP contribution is -2.63. The average Bonchev–Trinajstić information content (AvgIpc) is 2.81. The second-order valence-corrected chi connectivity index (χ2v) is 8.57. The van der Waals surface area contributed by atoms with Gasteiger partial charge < -0.3 is 5.32 Å². The number of carbonyl (C=O) groups is 1. The highest BCUT2D eigenvalue weighted by Gasteiger charge is 2.57. The Morgan fingerprint density at radius 2 is 2.05 bits per heavy atom. The minimum atomic E-state index is -0.107. The summed E-state index contributed by atoms with van der Waals surface area (Å²) in [4.78, 5) is 16.6. The van der Waals surface area contributed by atoms with Crippen molar-refractivity contribution in [2.75, 3.05) is 5.32 Å². The molecule has 5 rings (SSSR count). The number of anilines is 1. The second kappa shape index (κ2) is 4.91. The van der Waals surface area contributed by atoms with E-state index >= 15 is 0 Å². The fourth-order valence-corrected chi connectivity index (χ4v) is 6.30. The third-order valence-electron chi connectivity index (χ3n) is 6.06. The molecule has 120 valence electrons. The number of hydrogen-bond acceptors (Lipinski definition) is 4. The van der Waals surface area contributed by atoms with Crippen LogP contribution in [0.25, 0.3) is 0 Å². The van der Waals surface area contributed by atoms with Gasteiger partial charge in [0.05, 0.1) is 0 Å². The van der Waals surface area contributed by atoms with Crippen LogP contribution in [-0.4, -0.2) is 20.9 Å². The predicted molar refractivity (Wildman–Crippen MR) is 86.9 cm³/mol. The molecule has 0 aromatic carbocycles. The molecule has 0 aliphatic heterocycles. The third kappa shape index (κ3) is 2.41. The lowest BCUT2D eigenvalue weighted by Gasteiger charge is -2.62. The summed E-state index contributed by atoms with van der Waals surface area (Å²) in [6, 6.07) is -0.107. The smallest absolute Gasteiger partial charge is 0.321 e. The molecule has 4 fully saturated rings. The highest BCUT2D eigenvalue weighted by atomic mass is 32.1. The minimum Gasteiger partial charge on any atom is -0.332 e. The molecule has 5 nitrogen and oxygen atoms in total. The van der Waals surface area contributed by atoms with Gasteiger partial charge >= 0.3 is 6.03 Å². The van der Waals surface area contributed by atoms with Crippen LogP contribution < -0.4 is 10.6 Å². The van der Waals surface area contributed by atoms with E-state index in [4.69, 9.17) is 0 Å². The molecule has 1 aromatic rings. The lowest BCUT2D eigenvalue weighted by molar-refractivity contribution is -0.0779. The molecule has 6 heteroatoms. The van der Waals surface area contributed by atoms with Gasteiger partial charge in [-0.2, -0.15) is 4.37 Å². The van der Waals surface area contributed by atoms with Gasteiger partial charge in [-0.15, -0.1) is 0 Å². The summed E-state index contributed by atoms with van der Waals surface area (Å²) in [7, 11) is 0. The summed E-state index contributed by atoms with van der Waals surface area (Å²) >= 11 is 1.24. The molecule has 0 spiro atoms. The van der Waals surface area contributed by atoms with Crippen LogP contribution in [0.4, 0.5) is 9.93 Å². The van der Waals surface area contributed by atoms with Crippen molar-refractivity contribution in [2.24, 2.45) is 17.3 Å². The van der Waals surface area contributed by atoms with Crippen molar-refractivity contribution in [3.63, 3.8) is 0 Å². The van der Waals surface area contributed by atoms with Crippen molar-refractivity contribution >= 4 is 22.7 Å². The van der Waals surface area contributed by atoms with Crippen LogP contribution in [0.1, 0.15) is 57.7 Å². The van der Waals surface area contributed by atoms with Gasteiger partial charge in [0, 0.05) is 17.1 Å². The van der Waals surface area contributed by atoms with Crippen molar-refractivity contribution in [1.82, 2.24) is 14.7 Å². The van der Waals surface area contributed by atoms with Gasteiger partial charge in [-0.05, 0) is 62.7 Å². The number of hydrogen-bond donors (Lipinski definition) is 2. The van der Waals surface area contributed by atoms with E-state index < -0.39 is 0 Å². The number of aryl methyl sites for hydroxylation is 1. The van der Waals surface area contributed by atoms with Gasteiger partial charge in [0.2, 0.25) is 5.13 Å². The highest BCUT2D eigenvalue weighted by molar-refractivity contribution is 7.09. The first-order valence-electron chi connectivity index (χ1n) is 8.39. The summed E-state index contributed by atoms with van der Waals surface area (Å²) in [5.74, 6) is 2.33. The Kier molecular flexibility index (Phi) is 3.22. The fourth-order valence-electron chi connectivity index (χ4n) is 5.73. The van der Waals surface area contributed by atoms with Crippen LogP contribution in [0.3, 0.4) is 0 Å². The molecular formula is C16H24N4OS. The molecule has 2 unspecified atom stereocenters. The minimum absolute atomic E-state index is 0.0178. The molecule has 2 N–H and O–H groups in total. The average molecular weight is 320 g/mol. The Bertz CT molecular complexity index is 585. The largest absolute Gasteiger partial charge is 0.332 e. The molecular weight excluding hydrogens is 296 g/mol. The van der Waals surface area contributed by atoms with E-state index in [0.717, 1.165) is 31.1 Å². The molecule has 4 bridgehead atoms. The molecule has 4 aliphatic carbocycles. The quantitative estimate of drug-likeness (QED) is 0.892. The molecule has 22 heavy (non-hydrogen) atoms. The number of aromatic nitrogens is 2. The van der Waals surface area contributed by atoms with Crippen molar-refractivity contribution in [2.45, 2.75) is 64.3 Å². The zero-order valence-corrected chi connectivity index (χ0v) is 14.1. The Morgan fingerprint density at radius 1 is 1.32 bits per heavy atom. The summed E-state index contributed by atoms with van der Waals surface area (Å²) in [6.45, 7) is 4.16. The van der Waals surface area contributed by atoms with Gasteiger partial charge in [-0.1, -0.05) is 13.3 Å². The number of amides is 2. The van der Waals surface area contributed by atoms with Crippen molar-refractivity contribution in [1.29, 1.82) is 0 Å². The Hall–Kier alpha value is -1.17. The van der Waals surface area contributed by atoms with E-state index in [1.165, 1.54) is 37.2 Å². The molecule has 4 atom stereocenters. The van der Waals surface area contributed by atoms with Gasteiger partial charge in [-0.25, -0.2) is 9.78 Å². The zero-order valence-electron chi connectivity index (χ0n) is 13.3. The number of rotatable bonds is 3. The molecule has 2 amide bonds. The maximum Gasteiger partial charge on any atom is 0.321 e. The Labute approximate surface area is 135 Å². The van der Waals surface area contributed by atoms with E-state index in [1.54, 1.807) is 0 Å². The van der Waals surface area contributed by atoms with Crippen LogP contribution in [0.2, 0.25) is 0 Å². The molecule has 0 radical (unpaired) electrons. The third-order valence-corrected chi connectivity index (χ3v) is 6.78. The zero-order chi connectivity index (χ0) is 15.4. The normalized spacial score (nSPS) is 39.0. The highest BCUT2D eigenvalue weighted by Crippen LogP contribution is 2.62. The number of nitrogens with zero attached hydrogens (tertiary/aromatic N) is 2. The van der Waals surface area contributed by atoms with Crippen LogP contribution in [0.15, 0.2) is 0 Å². The van der Waals surface area contributed by atoms with Crippen LogP contribution in [0, 0.1) is 24.2 Å². The lowest BCUT2D eigenvalue weighted by atomic mass is 9.46. The molecule has 4 aliphatic rings. The first kappa shape index (κ1) is 14.4. The van der Waals surface area contributed by atoms with Crippen LogP contribution in [-0.2, 0) is 0 Å². The van der Waals surface area contributed by atoms with E-state index in [-0.39, 0.29) is 11.6 Å². The molecule has 1 aromatic heterocycles.